The molecule has 1 saturated heterocycles. The summed E-state index contributed by atoms with van der Waals surface area (Å²) in [5.41, 5.74) is 0.624. The molecule has 1 aliphatic heterocycles. The number of likely N-dealkylation sites (tertiary alicyclic amines) is 1. The third kappa shape index (κ3) is 1.70. The maximum Gasteiger partial charge on any atom is 0.0543 e. The average Bonchev–Trinajstić information content (AvgIpc) is 2.62. The Morgan fingerprint density at radius 2 is 1.81 bits per heavy atom. The van der Waals surface area contributed by atoms with Crippen LogP contribution in [-0.2, 0) is 0 Å². The summed E-state index contributed by atoms with van der Waals surface area (Å²) in [5.74, 6) is 1.80. The van der Waals surface area contributed by atoms with E-state index in [0.717, 1.165) is 24.7 Å². The van der Waals surface area contributed by atoms with Gasteiger partial charge in [0.2, 0.25) is 0 Å². The van der Waals surface area contributed by atoms with Crippen molar-refractivity contribution in [2.45, 2.75) is 51.0 Å². The van der Waals surface area contributed by atoms with Crippen LogP contribution in [-0.4, -0.2) is 36.2 Å². The highest BCUT2D eigenvalue weighted by Gasteiger charge is 2.50. The lowest BCUT2D eigenvalue weighted by Gasteiger charge is -2.45. The monoisotopic (exact) mass is 223 g/mol. The Labute approximate surface area is 99.0 Å². The van der Waals surface area contributed by atoms with Gasteiger partial charge in [0.05, 0.1) is 6.10 Å². The first-order valence-corrected chi connectivity index (χ1v) is 7.06. The Morgan fingerprint density at radius 3 is 2.56 bits per heavy atom. The lowest BCUT2D eigenvalue weighted by molar-refractivity contribution is 0.00389. The first-order valence-electron chi connectivity index (χ1n) is 7.06. The molecule has 3 aliphatic rings. The van der Waals surface area contributed by atoms with E-state index in [0.29, 0.717) is 5.41 Å². The van der Waals surface area contributed by atoms with Crippen LogP contribution >= 0.6 is 0 Å². The third-order valence-electron chi connectivity index (χ3n) is 5.75. The zero-order chi connectivity index (χ0) is 11.2. The number of fused-ring (bicyclic) bond motifs is 2. The van der Waals surface area contributed by atoms with Crippen molar-refractivity contribution in [2.75, 3.05) is 20.1 Å². The molecule has 2 heteroatoms. The van der Waals surface area contributed by atoms with Gasteiger partial charge in [0.25, 0.3) is 0 Å². The third-order valence-corrected chi connectivity index (χ3v) is 5.75. The zero-order valence-corrected chi connectivity index (χ0v) is 10.5. The summed E-state index contributed by atoms with van der Waals surface area (Å²) >= 11 is 0. The molecule has 1 heterocycles. The summed E-state index contributed by atoms with van der Waals surface area (Å²) in [7, 11) is 2.25. The van der Waals surface area contributed by atoms with Gasteiger partial charge in [-0.2, -0.15) is 0 Å². The van der Waals surface area contributed by atoms with E-state index in [1.165, 1.54) is 45.2 Å². The number of rotatable bonds is 0. The summed E-state index contributed by atoms with van der Waals surface area (Å²) in [6.45, 7) is 2.55. The smallest absolute Gasteiger partial charge is 0.0543 e. The van der Waals surface area contributed by atoms with E-state index in [4.69, 9.17) is 0 Å². The molecule has 3 atom stereocenters. The Kier molecular flexibility index (Phi) is 2.75. The largest absolute Gasteiger partial charge is 0.393 e. The van der Waals surface area contributed by atoms with Crippen LogP contribution in [0.4, 0.5) is 0 Å². The van der Waals surface area contributed by atoms with Crippen LogP contribution in [0, 0.1) is 17.3 Å². The van der Waals surface area contributed by atoms with Crippen LogP contribution in [0.3, 0.4) is 0 Å². The van der Waals surface area contributed by atoms with Crippen LogP contribution in [0.5, 0.6) is 0 Å². The van der Waals surface area contributed by atoms with Crippen molar-refractivity contribution in [3.8, 4) is 0 Å². The summed E-state index contributed by atoms with van der Waals surface area (Å²) < 4.78 is 0. The van der Waals surface area contributed by atoms with E-state index >= 15 is 0 Å². The standard InChI is InChI=1S/C14H25NO/c1-15-8-6-14(7-9-15)5-4-11-2-3-12(16)10-13(11)14/h11-13,16H,2-10H2,1H3. The molecule has 1 spiro atoms. The Morgan fingerprint density at radius 1 is 1.06 bits per heavy atom. The minimum atomic E-state index is 0.0101. The molecule has 16 heavy (non-hydrogen) atoms. The summed E-state index contributed by atoms with van der Waals surface area (Å²) in [6.07, 6.45) is 9.14. The van der Waals surface area contributed by atoms with E-state index in [1.807, 2.05) is 0 Å². The quantitative estimate of drug-likeness (QED) is 0.681. The van der Waals surface area contributed by atoms with Gasteiger partial charge in [0.1, 0.15) is 0 Å². The van der Waals surface area contributed by atoms with Crippen molar-refractivity contribution in [3.05, 3.63) is 0 Å². The highest BCUT2D eigenvalue weighted by molar-refractivity contribution is 5.01. The molecule has 2 nitrogen and oxygen atoms in total. The van der Waals surface area contributed by atoms with E-state index in [9.17, 15) is 5.11 Å². The molecule has 0 amide bonds. The van der Waals surface area contributed by atoms with Gasteiger partial charge in [0, 0.05) is 0 Å². The van der Waals surface area contributed by atoms with Crippen molar-refractivity contribution >= 4 is 0 Å². The van der Waals surface area contributed by atoms with E-state index in [1.54, 1.807) is 0 Å². The highest BCUT2D eigenvalue weighted by Crippen LogP contribution is 2.57. The SMILES string of the molecule is CN1CCC2(CCC3CCC(O)CC32)CC1. The Balaban J connectivity index is 1.75. The van der Waals surface area contributed by atoms with E-state index in [-0.39, 0.29) is 6.10 Å². The molecule has 2 saturated carbocycles. The number of aliphatic hydroxyl groups excluding tert-OH is 1. The molecule has 92 valence electrons. The maximum atomic E-state index is 9.91. The fourth-order valence-electron chi connectivity index (χ4n) is 4.65. The predicted molar refractivity (Wildman–Crippen MR) is 65.2 cm³/mol. The minimum Gasteiger partial charge on any atom is -0.393 e. The minimum absolute atomic E-state index is 0.0101. The van der Waals surface area contributed by atoms with Crippen LogP contribution in [0.2, 0.25) is 0 Å². The maximum absolute atomic E-state index is 9.91. The molecule has 0 aromatic heterocycles. The fourth-order valence-corrected chi connectivity index (χ4v) is 4.65. The summed E-state index contributed by atoms with van der Waals surface area (Å²) in [6, 6.07) is 0. The van der Waals surface area contributed by atoms with Crippen LogP contribution in [0.1, 0.15) is 44.9 Å². The highest BCUT2D eigenvalue weighted by atomic mass is 16.3. The van der Waals surface area contributed by atoms with Gasteiger partial charge in [-0.15, -0.1) is 0 Å². The summed E-state index contributed by atoms with van der Waals surface area (Å²) in [4.78, 5) is 2.47. The van der Waals surface area contributed by atoms with Crippen LogP contribution in [0.25, 0.3) is 0 Å². The number of hydrogen-bond acceptors (Lipinski definition) is 2. The second-order valence-electron chi connectivity index (χ2n) is 6.54. The van der Waals surface area contributed by atoms with Crippen molar-refractivity contribution in [1.82, 2.24) is 4.90 Å². The topological polar surface area (TPSA) is 23.5 Å². The Hall–Kier alpha value is -0.0800. The van der Waals surface area contributed by atoms with Crippen LogP contribution in [0.15, 0.2) is 0 Å². The van der Waals surface area contributed by atoms with Gasteiger partial charge >= 0.3 is 0 Å². The average molecular weight is 223 g/mol. The first kappa shape index (κ1) is 11.0. The molecule has 0 bridgehead atoms. The number of piperidine rings is 1. The van der Waals surface area contributed by atoms with Gasteiger partial charge < -0.3 is 10.0 Å². The molecule has 0 aromatic carbocycles. The molecule has 3 rings (SSSR count). The molecular formula is C14H25NO. The molecule has 2 aliphatic carbocycles. The zero-order valence-electron chi connectivity index (χ0n) is 10.5. The van der Waals surface area contributed by atoms with Gasteiger partial charge in [-0.1, -0.05) is 0 Å². The van der Waals surface area contributed by atoms with Crippen molar-refractivity contribution in [2.24, 2.45) is 17.3 Å². The van der Waals surface area contributed by atoms with Crippen LogP contribution < -0.4 is 0 Å². The fraction of sp³-hybridized carbons (Fsp3) is 1.00. The van der Waals surface area contributed by atoms with Gasteiger partial charge in [0.15, 0.2) is 0 Å². The van der Waals surface area contributed by atoms with Crippen molar-refractivity contribution < 1.29 is 5.11 Å². The molecule has 0 aromatic rings. The lowest BCUT2D eigenvalue weighted by atomic mass is 9.64. The number of nitrogens with zero attached hydrogens (tertiary/aromatic N) is 1. The normalized spacial score (nSPS) is 43.5. The second-order valence-corrected chi connectivity index (χ2v) is 6.54. The molecule has 3 unspecified atom stereocenters. The van der Waals surface area contributed by atoms with E-state index in [2.05, 4.69) is 11.9 Å². The van der Waals surface area contributed by atoms with Gasteiger partial charge in [-0.05, 0) is 82.3 Å². The predicted octanol–water partition coefficient (Wildman–Crippen LogP) is 2.27. The van der Waals surface area contributed by atoms with Crippen molar-refractivity contribution in [3.63, 3.8) is 0 Å². The summed E-state index contributed by atoms with van der Waals surface area (Å²) in [5, 5.41) is 9.91. The molecule has 0 radical (unpaired) electrons. The molecular weight excluding hydrogens is 198 g/mol. The Bertz CT molecular complexity index is 257. The molecule has 3 fully saturated rings. The van der Waals surface area contributed by atoms with E-state index < -0.39 is 0 Å². The van der Waals surface area contributed by atoms with Crippen molar-refractivity contribution in [1.29, 1.82) is 0 Å². The second kappa shape index (κ2) is 3.99. The van der Waals surface area contributed by atoms with Gasteiger partial charge in [-0.25, -0.2) is 0 Å². The van der Waals surface area contributed by atoms with Gasteiger partial charge in [-0.3, -0.25) is 0 Å². The number of hydrogen-bond donors (Lipinski definition) is 1. The lowest BCUT2D eigenvalue weighted by Crippen LogP contribution is -2.43. The molecule has 1 N–H and O–H groups in total. The first-order chi connectivity index (χ1) is 7.70. The number of aliphatic hydroxyl groups is 1.